The van der Waals surface area contributed by atoms with Crippen molar-refractivity contribution in [2.75, 3.05) is 26.6 Å². The lowest BCUT2D eigenvalue weighted by molar-refractivity contribution is -0.149. The van der Waals surface area contributed by atoms with E-state index >= 15 is 0 Å². The van der Waals surface area contributed by atoms with Crippen LogP contribution in [0.4, 0.5) is 5.13 Å². The molecule has 3 heterocycles. The highest BCUT2D eigenvalue weighted by atomic mass is 32.1. The van der Waals surface area contributed by atoms with Gasteiger partial charge < -0.3 is 29.0 Å². The number of ether oxygens (including phenoxy) is 5. The maximum absolute atomic E-state index is 13.1. The summed E-state index contributed by atoms with van der Waals surface area (Å²) in [6, 6.07) is 18.8. The zero-order valence-corrected chi connectivity index (χ0v) is 21.3. The van der Waals surface area contributed by atoms with Crippen molar-refractivity contribution in [1.29, 1.82) is 0 Å². The lowest BCUT2D eigenvalue weighted by atomic mass is 9.87. The maximum atomic E-state index is 13.1. The number of benzene rings is 3. The number of fused-ring (bicyclic) bond motifs is 3. The van der Waals surface area contributed by atoms with Crippen molar-refractivity contribution in [2.45, 2.75) is 18.2 Å². The second-order valence-corrected chi connectivity index (χ2v) is 9.68. The molecular weight excluding hydrogens is 492 g/mol. The summed E-state index contributed by atoms with van der Waals surface area (Å²) in [4.78, 5) is 17.9. The Labute approximate surface area is 217 Å². The predicted molar refractivity (Wildman–Crippen MR) is 141 cm³/mol. The Hall–Kier alpha value is -4.24. The zero-order valence-electron chi connectivity index (χ0n) is 20.4. The van der Waals surface area contributed by atoms with Crippen LogP contribution in [0.2, 0.25) is 0 Å². The highest BCUT2D eigenvalue weighted by Gasteiger charge is 2.53. The smallest absolute Gasteiger partial charge is 0.341 e. The minimum absolute atomic E-state index is 0.239. The number of para-hydroxylation sites is 3. The van der Waals surface area contributed by atoms with Crippen LogP contribution in [0.15, 0.2) is 66.2 Å². The molecule has 1 N–H and O–H groups in total. The van der Waals surface area contributed by atoms with E-state index in [1.807, 2.05) is 54.6 Å². The van der Waals surface area contributed by atoms with E-state index < -0.39 is 11.8 Å². The predicted octanol–water partition coefficient (Wildman–Crippen LogP) is 5.59. The molecule has 188 valence electrons. The number of nitrogens with one attached hydrogen (secondary N) is 1. The van der Waals surface area contributed by atoms with Crippen molar-refractivity contribution in [3.63, 3.8) is 0 Å². The van der Waals surface area contributed by atoms with Crippen LogP contribution in [0.5, 0.6) is 23.0 Å². The van der Waals surface area contributed by atoms with Crippen LogP contribution in [0, 0.1) is 0 Å². The first-order valence-electron chi connectivity index (χ1n) is 11.7. The van der Waals surface area contributed by atoms with Crippen LogP contribution < -0.4 is 24.3 Å². The van der Waals surface area contributed by atoms with Crippen LogP contribution in [0.1, 0.15) is 23.6 Å². The summed E-state index contributed by atoms with van der Waals surface area (Å²) in [5.74, 6) is -0.0539. The third-order valence-electron chi connectivity index (χ3n) is 6.55. The van der Waals surface area contributed by atoms with Gasteiger partial charge in [0.25, 0.3) is 5.79 Å². The molecule has 0 amide bonds. The number of carbonyl (C=O) groups is 1. The van der Waals surface area contributed by atoms with E-state index in [-0.39, 0.29) is 18.0 Å². The number of carbonyl (C=O) groups excluding carboxylic acids is 1. The largest absolute Gasteiger partial charge is 0.493 e. The number of nitrogens with zero attached hydrogens (tertiary/aromatic N) is 1. The minimum atomic E-state index is -1.51. The van der Waals surface area contributed by atoms with Crippen LogP contribution in [-0.4, -0.2) is 38.1 Å². The summed E-state index contributed by atoms with van der Waals surface area (Å²) in [6.07, 6.45) is 1.99. The monoisotopic (exact) mass is 516 g/mol. The fourth-order valence-corrected chi connectivity index (χ4v) is 5.75. The molecule has 1 unspecified atom stereocenters. The minimum Gasteiger partial charge on any atom is -0.493 e. The Bertz CT molecular complexity index is 1510. The lowest BCUT2D eigenvalue weighted by Crippen LogP contribution is -2.52. The van der Waals surface area contributed by atoms with Crippen LogP contribution in [-0.2, 0) is 9.53 Å². The number of hydrogen-bond acceptors (Lipinski definition) is 9. The molecule has 3 aromatic carbocycles. The molecule has 0 saturated carbocycles. The van der Waals surface area contributed by atoms with Crippen molar-refractivity contribution < 1.29 is 28.5 Å². The summed E-state index contributed by atoms with van der Waals surface area (Å²) in [5, 5.41) is 4.31. The fraction of sp³-hybridized carbons (Fsp3) is 0.214. The molecule has 37 heavy (non-hydrogen) atoms. The van der Waals surface area contributed by atoms with Gasteiger partial charge in [-0.15, -0.1) is 0 Å². The Morgan fingerprint density at radius 2 is 1.70 bits per heavy atom. The second kappa shape index (κ2) is 9.01. The molecule has 2 aliphatic rings. The molecule has 0 saturated heterocycles. The fourth-order valence-electron chi connectivity index (χ4n) is 4.83. The van der Waals surface area contributed by atoms with Crippen LogP contribution >= 0.6 is 11.3 Å². The van der Waals surface area contributed by atoms with Gasteiger partial charge in [-0.05, 0) is 30.3 Å². The molecule has 0 radical (unpaired) electrons. The molecule has 2 atom stereocenters. The van der Waals surface area contributed by atoms with Gasteiger partial charge in [-0.2, -0.15) is 0 Å². The summed E-state index contributed by atoms with van der Waals surface area (Å²) >= 11 is 1.56. The van der Waals surface area contributed by atoms with Crippen LogP contribution in [0.3, 0.4) is 0 Å². The molecule has 2 aliphatic heterocycles. The van der Waals surface area contributed by atoms with E-state index in [1.165, 1.54) is 7.11 Å². The molecule has 8 nitrogen and oxygen atoms in total. The van der Waals surface area contributed by atoms with Crippen molar-refractivity contribution >= 4 is 38.7 Å². The van der Waals surface area contributed by atoms with Gasteiger partial charge in [0.05, 0.1) is 44.0 Å². The van der Waals surface area contributed by atoms with Gasteiger partial charge in [0.15, 0.2) is 28.1 Å². The zero-order chi connectivity index (χ0) is 25.6. The number of anilines is 1. The Balaban J connectivity index is 1.50. The Morgan fingerprint density at radius 3 is 2.46 bits per heavy atom. The number of hydrogen-bond donors (Lipinski definition) is 1. The second-order valence-electron chi connectivity index (χ2n) is 8.65. The van der Waals surface area contributed by atoms with Gasteiger partial charge in [0, 0.05) is 11.1 Å². The highest BCUT2D eigenvalue weighted by Crippen LogP contribution is 2.52. The van der Waals surface area contributed by atoms with E-state index in [2.05, 4.69) is 5.32 Å². The van der Waals surface area contributed by atoms with E-state index in [9.17, 15) is 4.79 Å². The molecule has 0 bridgehead atoms. The van der Waals surface area contributed by atoms with E-state index in [0.717, 1.165) is 20.9 Å². The lowest BCUT2D eigenvalue weighted by Gasteiger charge is -2.44. The first-order valence-corrected chi connectivity index (χ1v) is 12.5. The van der Waals surface area contributed by atoms with Gasteiger partial charge >= 0.3 is 5.97 Å². The van der Waals surface area contributed by atoms with Crippen molar-refractivity contribution in [1.82, 2.24) is 4.98 Å². The Kier molecular flexibility index (Phi) is 5.64. The molecule has 1 aromatic heterocycles. The first kappa shape index (κ1) is 23.2. The third-order valence-corrected chi connectivity index (χ3v) is 7.52. The summed E-state index contributed by atoms with van der Waals surface area (Å²) in [7, 11) is 4.49. The van der Waals surface area contributed by atoms with E-state index in [4.69, 9.17) is 28.7 Å². The van der Waals surface area contributed by atoms with Crippen molar-refractivity contribution in [3.05, 3.63) is 77.4 Å². The molecule has 9 heteroatoms. The van der Waals surface area contributed by atoms with Gasteiger partial charge in [-0.3, -0.25) is 0 Å². The molecule has 0 aliphatic carbocycles. The average molecular weight is 517 g/mol. The first-order chi connectivity index (χ1) is 18.0. The van der Waals surface area contributed by atoms with Gasteiger partial charge in [-0.1, -0.05) is 47.7 Å². The summed E-state index contributed by atoms with van der Waals surface area (Å²) < 4.78 is 30.6. The normalized spacial score (nSPS) is 19.6. The number of rotatable bonds is 5. The standard InChI is InChI=1S/C28H24N2O6S/c1-32-21-11-6-8-16-14-18(26(31)34-3)28(35-24(16)21)15-20(17-9-7-12-22(33-2)25(17)36-28)30-27-29-19-10-4-5-13-23(19)37-27/h4-14,20H,15H2,1-3H3,(H,29,30)/t20-,28?/m1/s1. The van der Waals surface area contributed by atoms with Gasteiger partial charge in [0.1, 0.15) is 5.57 Å². The number of esters is 1. The molecular formula is C28H24N2O6S. The van der Waals surface area contributed by atoms with Crippen molar-refractivity contribution in [3.8, 4) is 23.0 Å². The summed E-state index contributed by atoms with van der Waals surface area (Å²) in [5.41, 5.74) is 2.70. The third kappa shape index (κ3) is 3.82. The number of thiazole rings is 1. The highest BCUT2D eigenvalue weighted by molar-refractivity contribution is 7.22. The Morgan fingerprint density at radius 1 is 0.973 bits per heavy atom. The van der Waals surface area contributed by atoms with Gasteiger partial charge in [0.2, 0.25) is 0 Å². The van der Waals surface area contributed by atoms with Crippen molar-refractivity contribution in [2.24, 2.45) is 0 Å². The summed E-state index contributed by atoms with van der Waals surface area (Å²) in [6.45, 7) is 0. The number of methoxy groups -OCH3 is 3. The molecule has 0 fully saturated rings. The van der Waals surface area contributed by atoms with E-state index in [0.29, 0.717) is 28.6 Å². The molecule has 1 spiro atoms. The van der Waals surface area contributed by atoms with E-state index in [1.54, 1.807) is 37.7 Å². The van der Waals surface area contributed by atoms with Crippen LogP contribution in [0.25, 0.3) is 16.3 Å². The molecule has 4 aromatic rings. The maximum Gasteiger partial charge on any atom is 0.341 e. The quantitative estimate of drug-likeness (QED) is 0.343. The molecule has 6 rings (SSSR count). The SMILES string of the molecule is COC(=O)C1=Cc2cccc(OC)c2OC12C[C@@H](Nc1nc3ccccc3s1)c1cccc(OC)c1O2. The topological polar surface area (TPSA) is 88.1 Å². The average Bonchev–Trinajstić information content (AvgIpc) is 3.34. The van der Waals surface area contributed by atoms with Gasteiger partial charge in [-0.25, -0.2) is 9.78 Å². The number of aromatic nitrogens is 1.